The van der Waals surface area contributed by atoms with Gasteiger partial charge in [0.05, 0.1) is 39.8 Å². The van der Waals surface area contributed by atoms with Crippen molar-refractivity contribution in [3.05, 3.63) is 60.2 Å². The molecule has 0 fully saturated rings. The van der Waals surface area contributed by atoms with Crippen molar-refractivity contribution >= 4 is 34.2 Å². The summed E-state index contributed by atoms with van der Waals surface area (Å²) < 4.78 is 39.1. The number of hydrogen-bond acceptors (Lipinski definition) is 1. The van der Waals surface area contributed by atoms with Crippen LogP contribution in [-0.4, -0.2) is 0 Å². The van der Waals surface area contributed by atoms with Crippen molar-refractivity contribution in [2.24, 2.45) is 0 Å². The van der Waals surface area contributed by atoms with Gasteiger partial charge in [-0.2, -0.15) is 13.2 Å². The van der Waals surface area contributed by atoms with E-state index < -0.39 is 11.7 Å². The van der Waals surface area contributed by atoms with Gasteiger partial charge in [0.25, 0.3) is 0 Å². The van der Waals surface area contributed by atoms with Crippen LogP contribution < -0.4 is 3.11 Å². The molecule has 0 atom stereocenters. The fraction of sp³-hybridized carbons (Fsp3) is 0.0769. The fourth-order valence-electron chi connectivity index (χ4n) is 1.49. The van der Waals surface area contributed by atoms with Crippen molar-refractivity contribution in [1.29, 1.82) is 0 Å². The first-order chi connectivity index (χ1) is 8.48. The first-order valence-corrected chi connectivity index (χ1v) is 6.13. The second-order valence-electron chi connectivity index (χ2n) is 3.66. The summed E-state index contributed by atoms with van der Waals surface area (Å²) in [4.78, 5) is 0. The Morgan fingerprint density at radius 3 is 1.78 bits per heavy atom. The van der Waals surface area contributed by atoms with Gasteiger partial charge >= 0.3 is 6.18 Å². The fourth-order valence-corrected chi connectivity index (χ4v) is 2.13. The number of benzene rings is 2. The van der Waals surface area contributed by atoms with Crippen LogP contribution in [0.1, 0.15) is 5.56 Å². The minimum Gasteiger partial charge on any atom is -0.283 e. The molecular weight excluding hydrogens is 354 g/mol. The SMILES string of the molecule is FC(F)(F)c1ccc(N(I)c2ccccc2)cc1. The topological polar surface area (TPSA) is 3.24 Å². The van der Waals surface area contributed by atoms with E-state index in [9.17, 15) is 13.2 Å². The summed E-state index contributed by atoms with van der Waals surface area (Å²) in [7, 11) is 0. The molecule has 2 aromatic rings. The third kappa shape index (κ3) is 2.95. The number of nitrogens with zero attached hydrogens (tertiary/aromatic N) is 1. The predicted octanol–water partition coefficient (Wildman–Crippen LogP) is 5.19. The molecule has 0 aliphatic carbocycles. The molecule has 0 saturated heterocycles. The lowest BCUT2D eigenvalue weighted by Crippen LogP contribution is -2.06. The van der Waals surface area contributed by atoms with Crippen molar-refractivity contribution in [2.75, 3.05) is 3.11 Å². The molecule has 5 heteroatoms. The number of rotatable bonds is 2. The van der Waals surface area contributed by atoms with Crippen LogP contribution in [0.15, 0.2) is 54.6 Å². The van der Waals surface area contributed by atoms with Crippen LogP contribution in [0.4, 0.5) is 24.5 Å². The highest BCUT2D eigenvalue weighted by Crippen LogP contribution is 2.33. The minimum atomic E-state index is -4.29. The maximum absolute atomic E-state index is 12.4. The Morgan fingerprint density at radius 2 is 1.28 bits per heavy atom. The molecule has 0 aliphatic rings. The molecule has 1 nitrogen and oxygen atoms in total. The maximum atomic E-state index is 12.4. The monoisotopic (exact) mass is 363 g/mol. The summed E-state index contributed by atoms with van der Waals surface area (Å²) in [6.07, 6.45) is -4.29. The van der Waals surface area contributed by atoms with Gasteiger partial charge in [0.15, 0.2) is 0 Å². The quantitative estimate of drug-likeness (QED) is 0.524. The Kier molecular flexibility index (Phi) is 3.79. The van der Waals surface area contributed by atoms with Crippen LogP contribution in [0.2, 0.25) is 0 Å². The summed E-state index contributed by atoms with van der Waals surface area (Å²) in [5.41, 5.74) is 0.983. The molecule has 2 aromatic carbocycles. The number of alkyl halides is 3. The van der Waals surface area contributed by atoms with Crippen LogP contribution in [0.5, 0.6) is 0 Å². The van der Waals surface area contributed by atoms with Gasteiger partial charge in [-0.05, 0) is 36.4 Å². The van der Waals surface area contributed by atoms with E-state index in [1.165, 1.54) is 12.1 Å². The highest BCUT2D eigenvalue weighted by atomic mass is 127. The molecule has 2 rings (SSSR count). The summed E-state index contributed by atoms with van der Waals surface area (Å²) in [6.45, 7) is 0. The van der Waals surface area contributed by atoms with E-state index in [-0.39, 0.29) is 0 Å². The lowest BCUT2D eigenvalue weighted by atomic mass is 10.2. The van der Waals surface area contributed by atoms with Crippen molar-refractivity contribution < 1.29 is 13.2 Å². The van der Waals surface area contributed by atoms with Crippen LogP contribution in [-0.2, 0) is 6.18 Å². The van der Waals surface area contributed by atoms with Crippen molar-refractivity contribution in [2.45, 2.75) is 6.18 Å². The van der Waals surface area contributed by atoms with Crippen molar-refractivity contribution in [3.63, 3.8) is 0 Å². The van der Waals surface area contributed by atoms with Crippen molar-refractivity contribution in [1.82, 2.24) is 0 Å². The van der Waals surface area contributed by atoms with Gasteiger partial charge in [-0.15, -0.1) is 0 Å². The number of hydrogen-bond donors (Lipinski definition) is 0. The first-order valence-electron chi connectivity index (χ1n) is 5.17. The molecule has 0 saturated carbocycles. The van der Waals surface area contributed by atoms with Gasteiger partial charge in [0.1, 0.15) is 0 Å². The maximum Gasteiger partial charge on any atom is 0.416 e. The Hall–Kier alpha value is -1.24. The average molecular weight is 363 g/mol. The molecule has 94 valence electrons. The zero-order valence-electron chi connectivity index (χ0n) is 9.16. The predicted molar refractivity (Wildman–Crippen MR) is 74.0 cm³/mol. The van der Waals surface area contributed by atoms with E-state index in [1.807, 2.05) is 30.3 Å². The number of para-hydroxylation sites is 1. The highest BCUT2D eigenvalue weighted by Gasteiger charge is 2.30. The third-order valence-corrected chi connectivity index (χ3v) is 3.52. The molecule has 0 unspecified atom stereocenters. The minimum absolute atomic E-state index is 0.635. The van der Waals surface area contributed by atoms with Gasteiger partial charge in [0, 0.05) is 0 Å². The Bertz CT molecular complexity index is 508. The zero-order chi connectivity index (χ0) is 13.2. The largest absolute Gasteiger partial charge is 0.416 e. The van der Waals surface area contributed by atoms with Crippen LogP contribution in [0.3, 0.4) is 0 Å². The van der Waals surface area contributed by atoms with E-state index in [1.54, 1.807) is 3.11 Å². The lowest BCUT2D eigenvalue weighted by Gasteiger charge is -2.17. The van der Waals surface area contributed by atoms with Crippen molar-refractivity contribution in [3.8, 4) is 0 Å². The molecule has 18 heavy (non-hydrogen) atoms. The molecule has 0 amide bonds. The normalized spacial score (nSPS) is 11.3. The third-order valence-electron chi connectivity index (χ3n) is 2.40. The zero-order valence-corrected chi connectivity index (χ0v) is 11.3. The van der Waals surface area contributed by atoms with Gasteiger partial charge in [-0.25, -0.2) is 0 Å². The highest BCUT2D eigenvalue weighted by molar-refractivity contribution is 14.1. The van der Waals surface area contributed by atoms with Crippen LogP contribution in [0.25, 0.3) is 0 Å². The Morgan fingerprint density at radius 1 is 0.778 bits per heavy atom. The lowest BCUT2D eigenvalue weighted by molar-refractivity contribution is -0.137. The van der Waals surface area contributed by atoms with Gasteiger partial charge in [0.2, 0.25) is 0 Å². The van der Waals surface area contributed by atoms with Gasteiger partial charge in [-0.3, -0.25) is 3.11 Å². The van der Waals surface area contributed by atoms with E-state index in [0.29, 0.717) is 5.69 Å². The average Bonchev–Trinajstić information content (AvgIpc) is 2.38. The summed E-state index contributed by atoms with van der Waals surface area (Å²) in [5.74, 6) is 0. The first kappa shape index (κ1) is 13.2. The molecule has 0 heterocycles. The molecule has 0 bridgehead atoms. The van der Waals surface area contributed by atoms with Crippen LogP contribution in [0, 0.1) is 0 Å². The second-order valence-corrected chi connectivity index (χ2v) is 4.63. The van der Waals surface area contributed by atoms with Gasteiger partial charge < -0.3 is 0 Å². The summed E-state index contributed by atoms with van der Waals surface area (Å²) in [5, 5.41) is 0. The molecule has 0 aliphatic heterocycles. The van der Waals surface area contributed by atoms with E-state index in [2.05, 4.69) is 22.9 Å². The Balaban J connectivity index is 2.25. The number of anilines is 2. The van der Waals surface area contributed by atoms with E-state index >= 15 is 0 Å². The van der Waals surface area contributed by atoms with Gasteiger partial charge in [-0.1, -0.05) is 18.2 Å². The summed E-state index contributed by atoms with van der Waals surface area (Å²) in [6, 6.07) is 14.5. The van der Waals surface area contributed by atoms with E-state index in [4.69, 9.17) is 0 Å². The smallest absolute Gasteiger partial charge is 0.283 e. The Labute approximate surface area is 117 Å². The van der Waals surface area contributed by atoms with E-state index in [0.717, 1.165) is 17.8 Å². The standard InChI is InChI=1S/C13H9F3IN/c14-13(15,16)10-6-8-12(9-7-10)18(17)11-4-2-1-3-5-11/h1-9H. The summed E-state index contributed by atoms with van der Waals surface area (Å²) >= 11 is 2.06. The molecular formula is C13H9F3IN. The number of halogens is 4. The molecule has 0 radical (unpaired) electrons. The second kappa shape index (κ2) is 5.17. The van der Waals surface area contributed by atoms with Crippen LogP contribution >= 0.6 is 22.9 Å². The molecule has 0 N–H and O–H groups in total. The molecule has 0 spiro atoms. The molecule has 0 aromatic heterocycles.